The lowest BCUT2D eigenvalue weighted by molar-refractivity contribution is 1.07. The fraction of sp³-hybridized carbons (Fsp3) is 0.0909. The summed E-state index contributed by atoms with van der Waals surface area (Å²) in [5, 5.41) is 1.00. The predicted octanol–water partition coefficient (Wildman–Crippen LogP) is 2.45. The minimum absolute atomic E-state index is 0.566. The van der Waals surface area contributed by atoms with Crippen LogP contribution in [0.2, 0.25) is 0 Å². The highest BCUT2D eigenvalue weighted by atomic mass is 32.1. The molecular formula is C11H11N2S. The van der Waals surface area contributed by atoms with E-state index in [1.54, 1.807) is 17.5 Å². The first-order valence-electron chi connectivity index (χ1n) is 4.37. The molecule has 1 heterocycles. The van der Waals surface area contributed by atoms with E-state index in [0.29, 0.717) is 6.54 Å². The average Bonchev–Trinajstić information content (AvgIpc) is 2.65. The number of hydrogen-bond acceptors (Lipinski definition) is 3. The highest BCUT2D eigenvalue weighted by molar-refractivity contribution is 7.15. The van der Waals surface area contributed by atoms with Crippen molar-refractivity contribution in [3.05, 3.63) is 47.8 Å². The van der Waals surface area contributed by atoms with Crippen molar-refractivity contribution in [2.75, 3.05) is 0 Å². The van der Waals surface area contributed by atoms with Gasteiger partial charge in [-0.05, 0) is 18.6 Å². The number of hydrogen-bond donors (Lipinski definition) is 1. The summed E-state index contributed by atoms with van der Waals surface area (Å²) in [6, 6.07) is 8.12. The van der Waals surface area contributed by atoms with Gasteiger partial charge in [0, 0.05) is 23.2 Å². The van der Waals surface area contributed by atoms with E-state index >= 15 is 0 Å². The SMILES string of the molecule is [CH2]c1cnc(-c2cccc(CN)c2)s1. The van der Waals surface area contributed by atoms with Gasteiger partial charge in [-0.1, -0.05) is 18.2 Å². The fourth-order valence-electron chi connectivity index (χ4n) is 1.27. The number of rotatable bonds is 2. The van der Waals surface area contributed by atoms with Gasteiger partial charge in [0.1, 0.15) is 5.01 Å². The third-order valence-corrected chi connectivity index (χ3v) is 2.87. The first kappa shape index (κ1) is 9.37. The minimum Gasteiger partial charge on any atom is -0.326 e. The topological polar surface area (TPSA) is 38.9 Å². The van der Waals surface area contributed by atoms with Gasteiger partial charge < -0.3 is 5.73 Å². The molecule has 2 nitrogen and oxygen atoms in total. The second kappa shape index (κ2) is 3.90. The molecular weight excluding hydrogens is 192 g/mol. The van der Waals surface area contributed by atoms with Gasteiger partial charge in [-0.25, -0.2) is 4.98 Å². The molecule has 2 N–H and O–H groups in total. The van der Waals surface area contributed by atoms with Gasteiger partial charge in [-0.3, -0.25) is 0 Å². The molecule has 14 heavy (non-hydrogen) atoms. The first-order chi connectivity index (χ1) is 6.79. The quantitative estimate of drug-likeness (QED) is 0.814. The van der Waals surface area contributed by atoms with Crippen molar-refractivity contribution in [1.29, 1.82) is 0 Å². The monoisotopic (exact) mass is 203 g/mol. The average molecular weight is 203 g/mol. The molecule has 0 spiro atoms. The van der Waals surface area contributed by atoms with Crippen LogP contribution in [-0.2, 0) is 6.54 Å². The zero-order valence-electron chi connectivity index (χ0n) is 7.73. The van der Waals surface area contributed by atoms with E-state index < -0.39 is 0 Å². The lowest BCUT2D eigenvalue weighted by Crippen LogP contribution is -1.95. The van der Waals surface area contributed by atoms with Crippen molar-refractivity contribution >= 4 is 11.3 Å². The van der Waals surface area contributed by atoms with Crippen molar-refractivity contribution in [2.24, 2.45) is 5.73 Å². The molecule has 0 amide bonds. The highest BCUT2D eigenvalue weighted by Crippen LogP contribution is 2.24. The van der Waals surface area contributed by atoms with Crippen LogP contribution in [0.3, 0.4) is 0 Å². The number of nitrogens with two attached hydrogens (primary N) is 1. The molecule has 0 bridgehead atoms. The molecule has 0 saturated carbocycles. The third kappa shape index (κ3) is 1.84. The first-order valence-corrected chi connectivity index (χ1v) is 5.18. The molecule has 2 aromatic rings. The molecule has 71 valence electrons. The Morgan fingerprint density at radius 1 is 1.43 bits per heavy atom. The number of nitrogens with zero attached hydrogens (tertiary/aromatic N) is 1. The zero-order valence-corrected chi connectivity index (χ0v) is 8.55. The molecule has 2 rings (SSSR count). The van der Waals surface area contributed by atoms with Gasteiger partial charge in [-0.2, -0.15) is 0 Å². The van der Waals surface area contributed by atoms with Crippen LogP contribution in [0.1, 0.15) is 10.4 Å². The van der Waals surface area contributed by atoms with Crippen molar-refractivity contribution in [2.45, 2.75) is 6.54 Å². The maximum Gasteiger partial charge on any atom is 0.123 e. The molecule has 0 saturated heterocycles. The van der Waals surface area contributed by atoms with Crippen LogP contribution in [0.4, 0.5) is 0 Å². The Hall–Kier alpha value is -1.19. The summed E-state index contributed by atoms with van der Waals surface area (Å²) in [6.07, 6.45) is 1.79. The predicted molar refractivity (Wildman–Crippen MR) is 59.9 cm³/mol. The summed E-state index contributed by atoms with van der Waals surface area (Å²) in [6.45, 7) is 4.41. The second-order valence-corrected chi connectivity index (χ2v) is 4.15. The van der Waals surface area contributed by atoms with Crippen LogP contribution in [0.25, 0.3) is 10.6 Å². The van der Waals surface area contributed by atoms with Crippen molar-refractivity contribution < 1.29 is 0 Å². The van der Waals surface area contributed by atoms with Crippen molar-refractivity contribution in [3.8, 4) is 10.6 Å². The van der Waals surface area contributed by atoms with E-state index in [9.17, 15) is 0 Å². The Balaban J connectivity index is 2.41. The zero-order chi connectivity index (χ0) is 9.97. The van der Waals surface area contributed by atoms with E-state index in [4.69, 9.17) is 5.73 Å². The van der Waals surface area contributed by atoms with E-state index in [1.807, 2.05) is 18.2 Å². The van der Waals surface area contributed by atoms with Crippen LogP contribution in [0, 0.1) is 6.92 Å². The summed E-state index contributed by atoms with van der Waals surface area (Å²) in [5.74, 6) is 0. The van der Waals surface area contributed by atoms with Crippen LogP contribution in [-0.4, -0.2) is 4.98 Å². The van der Waals surface area contributed by atoms with E-state index in [0.717, 1.165) is 21.0 Å². The third-order valence-electron chi connectivity index (χ3n) is 1.96. The van der Waals surface area contributed by atoms with Gasteiger partial charge in [0.15, 0.2) is 0 Å². The highest BCUT2D eigenvalue weighted by Gasteiger charge is 2.02. The number of aromatic nitrogens is 1. The van der Waals surface area contributed by atoms with Gasteiger partial charge in [0.25, 0.3) is 0 Å². The van der Waals surface area contributed by atoms with Crippen LogP contribution in [0.15, 0.2) is 30.5 Å². The molecule has 1 aromatic carbocycles. The Kier molecular flexibility index (Phi) is 2.61. The molecule has 0 aliphatic rings. The maximum absolute atomic E-state index is 5.57. The molecule has 0 atom stereocenters. The van der Waals surface area contributed by atoms with Gasteiger partial charge in [0.2, 0.25) is 0 Å². The molecule has 0 aliphatic heterocycles. The summed E-state index contributed by atoms with van der Waals surface area (Å²) in [5.41, 5.74) is 7.82. The molecule has 3 heteroatoms. The minimum atomic E-state index is 0.566. The second-order valence-electron chi connectivity index (χ2n) is 3.04. The molecule has 1 aromatic heterocycles. The van der Waals surface area contributed by atoms with Crippen molar-refractivity contribution in [1.82, 2.24) is 4.98 Å². The summed E-state index contributed by atoms with van der Waals surface area (Å²) in [4.78, 5) is 5.26. The Labute approximate surface area is 87.4 Å². The van der Waals surface area contributed by atoms with E-state index in [1.165, 1.54) is 0 Å². The largest absolute Gasteiger partial charge is 0.326 e. The number of benzene rings is 1. The lowest BCUT2D eigenvalue weighted by atomic mass is 10.1. The van der Waals surface area contributed by atoms with Gasteiger partial charge in [0.05, 0.1) is 0 Å². The lowest BCUT2D eigenvalue weighted by Gasteiger charge is -1.99. The van der Waals surface area contributed by atoms with Crippen LogP contribution < -0.4 is 5.73 Å². The molecule has 0 aliphatic carbocycles. The Bertz CT molecular complexity index is 434. The fourth-order valence-corrected chi connectivity index (χ4v) is 1.98. The van der Waals surface area contributed by atoms with Gasteiger partial charge >= 0.3 is 0 Å². The Morgan fingerprint density at radius 3 is 2.93 bits per heavy atom. The molecule has 0 fully saturated rings. The Morgan fingerprint density at radius 2 is 2.29 bits per heavy atom. The van der Waals surface area contributed by atoms with Gasteiger partial charge in [-0.15, -0.1) is 11.3 Å². The molecule has 1 radical (unpaired) electrons. The maximum atomic E-state index is 5.57. The number of thiazole rings is 1. The van der Waals surface area contributed by atoms with Crippen LogP contribution >= 0.6 is 11.3 Å². The normalized spacial score (nSPS) is 10.4. The van der Waals surface area contributed by atoms with E-state index in [-0.39, 0.29) is 0 Å². The summed E-state index contributed by atoms with van der Waals surface area (Å²) >= 11 is 1.60. The van der Waals surface area contributed by atoms with E-state index in [2.05, 4.69) is 18.0 Å². The standard InChI is InChI=1S/C11H11N2S/c1-8-7-13-11(14-8)10-4-2-3-9(5-10)6-12/h2-5,7H,1,6,12H2. The summed E-state index contributed by atoms with van der Waals surface area (Å²) < 4.78 is 0. The van der Waals surface area contributed by atoms with Crippen LogP contribution in [0.5, 0.6) is 0 Å². The summed E-state index contributed by atoms with van der Waals surface area (Å²) in [7, 11) is 0. The van der Waals surface area contributed by atoms with Crippen molar-refractivity contribution in [3.63, 3.8) is 0 Å². The smallest absolute Gasteiger partial charge is 0.123 e. The molecule has 0 unspecified atom stereocenters.